The van der Waals surface area contributed by atoms with Gasteiger partial charge in [0, 0.05) is 28.6 Å². The van der Waals surface area contributed by atoms with Crippen LogP contribution in [0.5, 0.6) is 5.75 Å². The summed E-state index contributed by atoms with van der Waals surface area (Å²) in [5.74, 6) is 0.691. The summed E-state index contributed by atoms with van der Waals surface area (Å²) in [5, 5.41) is 7.20. The van der Waals surface area contributed by atoms with Crippen molar-refractivity contribution in [2.45, 2.75) is 12.5 Å². The topological polar surface area (TPSA) is 54.9 Å². The summed E-state index contributed by atoms with van der Waals surface area (Å²) in [4.78, 5) is 14.3. The number of carbonyl (C=O) groups is 1. The van der Waals surface area contributed by atoms with Crippen molar-refractivity contribution in [3.8, 4) is 5.75 Å². The molecule has 0 aliphatic rings. The zero-order chi connectivity index (χ0) is 18.2. The predicted molar refractivity (Wildman–Crippen MR) is 106 cm³/mol. The van der Waals surface area contributed by atoms with Gasteiger partial charge in [0.1, 0.15) is 5.75 Å². The van der Waals surface area contributed by atoms with Crippen LogP contribution in [0, 0.1) is 0 Å². The maximum absolute atomic E-state index is 12.9. The van der Waals surface area contributed by atoms with Crippen molar-refractivity contribution in [3.05, 3.63) is 82.6 Å². The molecule has 26 heavy (non-hydrogen) atoms. The van der Waals surface area contributed by atoms with Crippen LogP contribution in [0.25, 0.3) is 0 Å². The Labute approximate surface area is 157 Å². The fourth-order valence-corrected chi connectivity index (χ4v) is 3.55. The van der Waals surface area contributed by atoms with E-state index in [1.54, 1.807) is 18.4 Å². The average molecular weight is 367 g/mol. The van der Waals surface area contributed by atoms with Gasteiger partial charge in [0.25, 0.3) is 5.91 Å². The molecule has 4 nitrogen and oxygen atoms in total. The number of methoxy groups -OCH3 is 1. The summed E-state index contributed by atoms with van der Waals surface area (Å²) in [6.45, 7) is 0.853. The van der Waals surface area contributed by atoms with Crippen LogP contribution in [0.3, 0.4) is 0 Å². The zero-order valence-corrected chi connectivity index (χ0v) is 15.5. The van der Waals surface area contributed by atoms with Gasteiger partial charge in [-0.1, -0.05) is 42.5 Å². The molecule has 2 aromatic carbocycles. The molecule has 3 N–H and O–H groups in total. The number of rotatable bonds is 8. The van der Waals surface area contributed by atoms with Crippen LogP contribution >= 0.6 is 11.3 Å². The Morgan fingerprint density at radius 3 is 2.69 bits per heavy atom. The van der Waals surface area contributed by atoms with E-state index in [1.165, 1.54) is 4.88 Å². The summed E-state index contributed by atoms with van der Waals surface area (Å²) in [6.07, 6.45) is 0.952. The molecule has 0 saturated heterocycles. The van der Waals surface area contributed by atoms with Gasteiger partial charge in [-0.05, 0) is 23.6 Å². The fourth-order valence-electron chi connectivity index (χ4n) is 2.82. The van der Waals surface area contributed by atoms with Gasteiger partial charge < -0.3 is 15.4 Å². The lowest BCUT2D eigenvalue weighted by Crippen LogP contribution is -2.87. The molecule has 0 radical (unpaired) electrons. The first-order valence-electron chi connectivity index (χ1n) is 8.62. The third kappa shape index (κ3) is 4.94. The highest BCUT2D eigenvalue weighted by Crippen LogP contribution is 2.18. The molecule has 3 aromatic rings. The quantitative estimate of drug-likeness (QED) is 0.642. The summed E-state index contributed by atoms with van der Waals surface area (Å²) in [6, 6.07) is 21.2. The number of anilines is 1. The van der Waals surface area contributed by atoms with E-state index in [4.69, 9.17) is 4.74 Å². The largest absolute Gasteiger partial charge is 0.497 e. The Morgan fingerprint density at radius 1 is 1.12 bits per heavy atom. The molecular formula is C21H23N2O2S+. The van der Waals surface area contributed by atoms with E-state index in [0.717, 1.165) is 30.0 Å². The summed E-state index contributed by atoms with van der Waals surface area (Å²) < 4.78 is 5.23. The van der Waals surface area contributed by atoms with Crippen LogP contribution in [-0.2, 0) is 11.2 Å². The van der Waals surface area contributed by atoms with E-state index in [1.807, 2.05) is 54.6 Å². The first-order valence-corrected chi connectivity index (χ1v) is 9.50. The number of ether oxygens (including phenoxy) is 1. The van der Waals surface area contributed by atoms with Crippen molar-refractivity contribution < 1.29 is 14.8 Å². The van der Waals surface area contributed by atoms with Crippen molar-refractivity contribution in [1.29, 1.82) is 0 Å². The molecule has 134 valence electrons. The molecule has 3 rings (SSSR count). The van der Waals surface area contributed by atoms with E-state index >= 15 is 0 Å². The van der Waals surface area contributed by atoms with Gasteiger partial charge in [-0.2, -0.15) is 0 Å². The van der Waals surface area contributed by atoms with Crippen molar-refractivity contribution in [3.63, 3.8) is 0 Å². The van der Waals surface area contributed by atoms with E-state index in [2.05, 4.69) is 28.1 Å². The van der Waals surface area contributed by atoms with E-state index in [0.29, 0.717) is 0 Å². The van der Waals surface area contributed by atoms with Gasteiger partial charge in [0.15, 0.2) is 6.04 Å². The van der Waals surface area contributed by atoms with Crippen LogP contribution in [0.2, 0.25) is 0 Å². The van der Waals surface area contributed by atoms with Crippen LogP contribution in [0.15, 0.2) is 72.1 Å². The molecular weight excluding hydrogens is 344 g/mol. The smallest absolute Gasteiger partial charge is 0.287 e. The van der Waals surface area contributed by atoms with Gasteiger partial charge in [0.2, 0.25) is 0 Å². The maximum Gasteiger partial charge on any atom is 0.287 e. The minimum Gasteiger partial charge on any atom is -0.497 e. The number of hydrogen-bond donors (Lipinski definition) is 2. The highest BCUT2D eigenvalue weighted by Gasteiger charge is 2.24. The minimum atomic E-state index is -0.289. The first-order chi connectivity index (χ1) is 12.8. The number of thiophene rings is 1. The van der Waals surface area contributed by atoms with Crippen LogP contribution < -0.4 is 15.4 Å². The third-order valence-electron chi connectivity index (χ3n) is 4.15. The highest BCUT2D eigenvalue weighted by atomic mass is 32.1. The molecule has 0 saturated carbocycles. The first kappa shape index (κ1) is 18.2. The second-order valence-electron chi connectivity index (χ2n) is 5.96. The second kappa shape index (κ2) is 9.17. The Kier molecular flexibility index (Phi) is 6.41. The monoisotopic (exact) mass is 367 g/mol. The molecule has 1 aromatic heterocycles. The molecule has 1 atom stereocenters. The van der Waals surface area contributed by atoms with Crippen LogP contribution in [-0.4, -0.2) is 19.6 Å². The van der Waals surface area contributed by atoms with Crippen molar-refractivity contribution in [1.82, 2.24) is 0 Å². The van der Waals surface area contributed by atoms with E-state index in [9.17, 15) is 4.79 Å². The van der Waals surface area contributed by atoms with Crippen molar-refractivity contribution in [2.24, 2.45) is 0 Å². The van der Waals surface area contributed by atoms with Gasteiger partial charge in [0.05, 0.1) is 13.7 Å². The van der Waals surface area contributed by atoms with Gasteiger partial charge >= 0.3 is 0 Å². The fraction of sp³-hybridized carbons (Fsp3) is 0.190. The van der Waals surface area contributed by atoms with Crippen LogP contribution in [0.1, 0.15) is 16.5 Å². The normalized spacial score (nSPS) is 11.7. The van der Waals surface area contributed by atoms with E-state index in [-0.39, 0.29) is 11.9 Å². The second-order valence-corrected chi connectivity index (χ2v) is 7.00. The number of benzene rings is 2. The maximum atomic E-state index is 12.9. The zero-order valence-electron chi connectivity index (χ0n) is 14.7. The lowest BCUT2D eigenvalue weighted by molar-refractivity contribution is -0.682. The lowest BCUT2D eigenvalue weighted by atomic mass is 10.1. The number of carbonyl (C=O) groups excluding carboxylic acids is 1. The minimum absolute atomic E-state index is 0.0318. The van der Waals surface area contributed by atoms with E-state index < -0.39 is 0 Å². The molecule has 1 amide bonds. The summed E-state index contributed by atoms with van der Waals surface area (Å²) in [7, 11) is 1.62. The predicted octanol–water partition coefficient (Wildman–Crippen LogP) is 3.24. The molecule has 0 unspecified atom stereocenters. The number of nitrogens with two attached hydrogens (primary N) is 1. The third-order valence-corrected chi connectivity index (χ3v) is 5.09. The van der Waals surface area contributed by atoms with Gasteiger partial charge in [-0.3, -0.25) is 4.79 Å². The number of hydrogen-bond acceptors (Lipinski definition) is 3. The lowest BCUT2D eigenvalue weighted by Gasteiger charge is -2.16. The number of amides is 1. The molecule has 0 aliphatic carbocycles. The van der Waals surface area contributed by atoms with Crippen molar-refractivity contribution >= 4 is 22.9 Å². The Balaban J connectivity index is 1.70. The molecule has 0 fully saturated rings. The van der Waals surface area contributed by atoms with Gasteiger partial charge in [-0.15, -0.1) is 11.3 Å². The molecule has 0 aliphatic heterocycles. The molecule has 0 spiro atoms. The van der Waals surface area contributed by atoms with Crippen molar-refractivity contribution in [2.75, 3.05) is 19.0 Å². The number of nitrogens with one attached hydrogen (secondary N) is 1. The van der Waals surface area contributed by atoms with Crippen LogP contribution in [0.4, 0.5) is 5.69 Å². The SMILES string of the molecule is COc1cccc(NC(=O)[C@@H]([NH2+]CCc2cccs2)c2ccccc2)c1. The summed E-state index contributed by atoms with van der Waals surface area (Å²) in [5.41, 5.74) is 1.74. The Bertz CT molecular complexity index is 819. The Hall–Kier alpha value is -2.63. The molecule has 5 heteroatoms. The standard InChI is InChI=1S/C21H22N2O2S/c1-25-18-10-5-9-17(15-18)23-21(24)20(16-7-3-2-4-8-16)22-13-12-19-11-6-14-26-19/h2-11,14-15,20,22H,12-13H2,1H3,(H,23,24)/p+1/t20-/m0/s1. The van der Waals surface area contributed by atoms with Gasteiger partial charge in [-0.25, -0.2) is 0 Å². The summed E-state index contributed by atoms with van der Waals surface area (Å²) >= 11 is 1.75. The average Bonchev–Trinajstić information content (AvgIpc) is 3.19. The highest BCUT2D eigenvalue weighted by molar-refractivity contribution is 7.09. The Morgan fingerprint density at radius 2 is 1.96 bits per heavy atom. The number of quaternary nitrogens is 1. The molecule has 0 bridgehead atoms. The molecule has 1 heterocycles.